The summed E-state index contributed by atoms with van der Waals surface area (Å²) in [5.41, 5.74) is 5.82. The highest BCUT2D eigenvalue weighted by atomic mass is 79.9. The summed E-state index contributed by atoms with van der Waals surface area (Å²) in [5, 5.41) is 4.13. The molecule has 0 spiro atoms. The van der Waals surface area contributed by atoms with Crippen molar-refractivity contribution in [1.82, 2.24) is 14.7 Å². The molecule has 1 unspecified atom stereocenters. The number of aryl methyl sites for hydroxylation is 1. The van der Waals surface area contributed by atoms with Crippen molar-refractivity contribution in [1.29, 1.82) is 0 Å². The van der Waals surface area contributed by atoms with Gasteiger partial charge in [0.1, 0.15) is 10.3 Å². The normalized spacial score (nSPS) is 19.7. The number of nitrogens with two attached hydrogens (primary N) is 1. The molecule has 20 heavy (non-hydrogen) atoms. The molecule has 2 heterocycles. The Balaban J connectivity index is 2.01. The quantitative estimate of drug-likeness (QED) is 0.898. The van der Waals surface area contributed by atoms with Crippen LogP contribution in [0.4, 0.5) is 0 Å². The largest absolute Gasteiger partial charge is 0.370 e. The maximum Gasteiger partial charge on any atom is 0.272 e. The first kappa shape index (κ1) is 15.0. The van der Waals surface area contributed by atoms with Crippen LogP contribution in [0.5, 0.6) is 0 Å². The molecule has 1 saturated heterocycles. The molecule has 1 fully saturated rings. The first-order valence-corrected chi connectivity index (χ1v) is 7.54. The van der Waals surface area contributed by atoms with E-state index >= 15 is 0 Å². The van der Waals surface area contributed by atoms with Gasteiger partial charge in [-0.15, -0.1) is 0 Å². The van der Waals surface area contributed by atoms with Gasteiger partial charge in [0.15, 0.2) is 0 Å². The lowest BCUT2D eigenvalue weighted by Crippen LogP contribution is -2.33. The lowest BCUT2D eigenvalue weighted by atomic mass is 9.97. The van der Waals surface area contributed by atoms with E-state index in [1.807, 2.05) is 4.90 Å². The molecule has 6 nitrogen and oxygen atoms in total. The fourth-order valence-electron chi connectivity index (χ4n) is 2.65. The van der Waals surface area contributed by atoms with Gasteiger partial charge in [-0.05, 0) is 41.1 Å². The summed E-state index contributed by atoms with van der Waals surface area (Å²) in [7, 11) is 1.76. The Bertz CT molecular complexity index is 514. The van der Waals surface area contributed by atoms with E-state index in [4.69, 9.17) is 5.73 Å². The monoisotopic (exact) mass is 342 g/mol. The molecule has 0 bridgehead atoms. The van der Waals surface area contributed by atoms with Crippen LogP contribution in [-0.4, -0.2) is 39.6 Å². The van der Waals surface area contributed by atoms with Crippen molar-refractivity contribution in [2.24, 2.45) is 18.7 Å². The minimum absolute atomic E-state index is 0.00887. The highest BCUT2D eigenvalue weighted by Crippen LogP contribution is 2.22. The smallest absolute Gasteiger partial charge is 0.272 e. The van der Waals surface area contributed by atoms with Crippen LogP contribution in [0.1, 0.15) is 36.2 Å². The van der Waals surface area contributed by atoms with Gasteiger partial charge in [-0.1, -0.05) is 0 Å². The number of aromatic nitrogens is 2. The van der Waals surface area contributed by atoms with Gasteiger partial charge in [0.2, 0.25) is 5.91 Å². The molecule has 1 aromatic heterocycles. The minimum atomic E-state index is -0.259. The fraction of sp³-hybridized carbons (Fsp3) is 0.615. The number of likely N-dealkylation sites (tertiary alicyclic amines) is 1. The number of carbonyl (C=O) groups excluding carboxylic acids is 2. The summed E-state index contributed by atoms with van der Waals surface area (Å²) in [6, 6.07) is 1.73. The molecule has 2 rings (SSSR count). The first-order valence-electron chi connectivity index (χ1n) is 6.74. The summed E-state index contributed by atoms with van der Waals surface area (Å²) >= 11 is 3.27. The number of amides is 2. The van der Waals surface area contributed by atoms with Crippen LogP contribution in [0.25, 0.3) is 0 Å². The van der Waals surface area contributed by atoms with Crippen LogP contribution >= 0.6 is 15.9 Å². The number of primary amides is 1. The zero-order valence-corrected chi connectivity index (χ0v) is 13.1. The third-order valence-electron chi connectivity index (χ3n) is 3.69. The Hall–Kier alpha value is -1.37. The summed E-state index contributed by atoms with van der Waals surface area (Å²) in [6.45, 7) is 1.39. The molecule has 110 valence electrons. The van der Waals surface area contributed by atoms with E-state index in [1.165, 1.54) is 0 Å². The third-order valence-corrected chi connectivity index (χ3v) is 4.08. The number of nitrogens with zero attached hydrogens (tertiary/aromatic N) is 3. The van der Waals surface area contributed by atoms with Crippen molar-refractivity contribution in [2.75, 3.05) is 13.1 Å². The number of rotatable bonds is 3. The highest BCUT2D eigenvalue weighted by molar-refractivity contribution is 9.10. The molecule has 1 aliphatic heterocycles. The van der Waals surface area contributed by atoms with Crippen LogP contribution in [0, 0.1) is 5.92 Å². The molecule has 0 aromatic carbocycles. The second-order valence-electron chi connectivity index (χ2n) is 5.24. The summed E-state index contributed by atoms with van der Waals surface area (Å²) in [6.07, 6.45) is 3.09. The van der Waals surface area contributed by atoms with Crippen LogP contribution in [0.15, 0.2) is 10.7 Å². The van der Waals surface area contributed by atoms with Crippen LogP contribution < -0.4 is 5.73 Å². The fourth-order valence-corrected chi connectivity index (χ4v) is 3.11. The van der Waals surface area contributed by atoms with Crippen LogP contribution in [-0.2, 0) is 11.8 Å². The second kappa shape index (κ2) is 6.39. The number of carbonyl (C=O) groups is 2. The molecule has 7 heteroatoms. The number of halogens is 1. The van der Waals surface area contributed by atoms with E-state index in [0.29, 0.717) is 29.2 Å². The van der Waals surface area contributed by atoms with Gasteiger partial charge in [0, 0.05) is 32.6 Å². The van der Waals surface area contributed by atoms with E-state index in [2.05, 4.69) is 21.0 Å². The van der Waals surface area contributed by atoms with Crippen molar-refractivity contribution in [2.45, 2.75) is 25.7 Å². The van der Waals surface area contributed by atoms with Gasteiger partial charge in [0.05, 0.1) is 0 Å². The van der Waals surface area contributed by atoms with Gasteiger partial charge in [-0.25, -0.2) is 0 Å². The predicted molar refractivity (Wildman–Crippen MR) is 78.0 cm³/mol. The molecule has 1 aromatic rings. The van der Waals surface area contributed by atoms with Crippen molar-refractivity contribution >= 4 is 27.7 Å². The Kier molecular flexibility index (Phi) is 4.80. The van der Waals surface area contributed by atoms with Gasteiger partial charge < -0.3 is 10.6 Å². The van der Waals surface area contributed by atoms with Gasteiger partial charge in [-0.3, -0.25) is 14.3 Å². The van der Waals surface area contributed by atoms with Crippen molar-refractivity contribution in [3.8, 4) is 0 Å². The van der Waals surface area contributed by atoms with Crippen molar-refractivity contribution < 1.29 is 9.59 Å². The molecule has 0 saturated carbocycles. The number of hydrogen-bond donors (Lipinski definition) is 1. The maximum atomic E-state index is 12.5. The van der Waals surface area contributed by atoms with Gasteiger partial charge in [0.25, 0.3) is 5.91 Å². The second-order valence-corrected chi connectivity index (χ2v) is 6.05. The summed E-state index contributed by atoms with van der Waals surface area (Å²) in [4.78, 5) is 25.3. The minimum Gasteiger partial charge on any atom is -0.370 e. The summed E-state index contributed by atoms with van der Waals surface area (Å²) < 4.78 is 2.24. The Morgan fingerprint density at radius 3 is 2.80 bits per heavy atom. The summed E-state index contributed by atoms with van der Waals surface area (Å²) in [5.74, 6) is 0.0272. The van der Waals surface area contributed by atoms with Gasteiger partial charge >= 0.3 is 0 Å². The topological polar surface area (TPSA) is 81.2 Å². The Morgan fingerprint density at radius 2 is 2.20 bits per heavy atom. The molecule has 0 radical (unpaired) electrons. The lowest BCUT2D eigenvalue weighted by molar-refractivity contribution is -0.119. The Morgan fingerprint density at radius 1 is 1.45 bits per heavy atom. The molecule has 1 atom stereocenters. The average Bonchev–Trinajstić information content (AvgIpc) is 2.58. The van der Waals surface area contributed by atoms with Crippen LogP contribution in [0.3, 0.4) is 0 Å². The Labute approximate surface area is 126 Å². The molecule has 0 aliphatic carbocycles. The zero-order chi connectivity index (χ0) is 14.7. The third kappa shape index (κ3) is 3.59. The number of hydrogen-bond acceptors (Lipinski definition) is 3. The van der Waals surface area contributed by atoms with Crippen molar-refractivity contribution in [3.05, 3.63) is 16.4 Å². The SMILES string of the molecule is Cn1nc(Br)cc1C(=O)N1CCCC(CC(N)=O)CC1. The molecule has 1 aliphatic rings. The maximum absolute atomic E-state index is 12.5. The molecule has 2 amide bonds. The predicted octanol–water partition coefficient (Wildman–Crippen LogP) is 1.30. The lowest BCUT2D eigenvalue weighted by Gasteiger charge is -2.20. The zero-order valence-electron chi connectivity index (χ0n) is 11.5. The van der Waals surface area contributed by atoms with E-state index in [9.17, 15) is 9.59 Å². The van der Waals surface area contributed by atoms with Crippen molar-refractivity contribution in [3.63, 3.8) is 0 Å². The van der Waals surface area contributed by atoms with E-state index in [0.717, 1.165) is 25.8 Å². The molecule has 2 N–H and O–H groups in total. The highest BCUT2D eigenvalue weighted by Gasteiger charge is 2.24. The molecular formula is C13H19BrN4O2. The standard InChI is InChI=1S/C13H19BrN4O2/c1-17-10(8-11(14)16-17)13(20)18-5-2-3-9(4-6-18)7-12(15)19/h8-9H,2-7H2,1H3,(H2,15,19). The first-order chi connectivity index (χ1) is 9.47. The van der Waals surface area contributed by atoms with Crippen LogP contribution in [0.2, 0.25) is 0 Å². The molecular weight excluding hydrogens is 324 g/mol. The van der Waals surface area contributed by atoms with E-state index in [-0.39, 0.29) is 11.8 Å². The van der Waals surface area contributed by atoms with Gasteiger partial charge in [-0.2, -0.15) is 5.10 Å². The van der Waals surface area contributed by atoms with E-state index in [1.54, 1.807) is 17.8 Å². The average molecular weight is 343 g/mol. The van der Waals surface area contributed by atoms with E-state index < -0.39 is 0 Å².